The van der Waals surface area contributed by atoms with Gasteiger partial charge in [0.2, 0.25) is 5.88 Å². The van der Waals surface area contributed by atoms with E-state index in [2.05, 4.69) is 9.84 Å². The molecule has 0 bridgehead atoms. The number of aryl methyl sites for hydroxylation is 1. The van der Waals surface area contributed by atoms with Gasteiger partial charge in [-0.3, -0.25) is 0 Å². The van der Waals surface area contributed by atoms with Crippen molar-refractivity contribution in [1.29, 1.82) is 0 Å². The van der Waals surface area contributed by atoms with Crippen LogP contribution in [-0.2, 0) is 13.5 Å². The van der Waals surface area contributed by atoms with Crippen LogP contribution in [-0.4, -0.2) is 22.0 Å². The van der Waals surface area contributed by atoms with Gasteiger partial charge in [-0.1, -0.05) is 23.2 Å². The lowest BCUT2D eigenvalue weighted by Crippen LogP contribution is -2.33. The number of halogens is 5. The fraction of sp³-hybridized carbons (Fsp3) is 0.438. The number of ether oxygens (including phenoxy) is 2. The molecular formula is C16H15Cl2F3N2O2. The van der Waals surface area contributed by atoms with E-state index in [0.29, 0.717) is 24.2 Å². The molecule has 0 saturated heterocycles. The molecule has 1 aromatic carbocycles. The smallest absolute Gasteiger partial charge is 0.388 e. The van der Waals surface area contributed by atoms with Crippen LogP contribution in [0.5, 0.6) is 11.6 Å². The fourth-order valence-electron chi connectivity index (χ4n) is 2.86. The first kappa shape index (κ1) is 18.2. The molecule has 136 valence electrons. The maximum absolute atomic E-state index is 14.7. The van der Waals surface area contributed by atoms with Gasteiger partial charge in [0, 0.05) is 18.2 Å². The van der Waals surface area contributed by atoms with Gasteiger partial charge in [-0.25, -0.2) is 9.07 Å². The highest BCUT2D eigenvalue weighted by Gasteiger charge is 2.34. The first-order valence-corrected chi connectivity index (χ1v) is 8.24. The largest absolute Gasteiger partial charge is 0.486 e. The summed E-state index contributed by atoms with van der Waals surface area (Å²) >= 11 is 12.3. The van der Waals surface area contributed by atoms with E-state index in [0.717, 1.165) is 10.7 Å². The van der Waals surface area contributed by atoms with Crippen molar-refractivity contribution in [3.8, 4) is 22.9 Å². The van der Waals surface area contributed by atoms with Crippen molar-refractivity contribution in [2.75, 3.05) is 0 Å². The molecule has 25 heavy (non-hydrogen) atoms. The Hall–Kier alpha value is -1.60. The van der Waals surface area contributed by atoms with Gasteiger partial charge in [0.25, 0.3) is 0 Å². The van der Waals surface area contributed by atoms with Crippen molar-refractivity contribution in [3.05, 3.63) is 27.5 Å². The number of fused-ring (bicyclic) bond motifs is 1. The Bertz CT molecular complexity index is 838. The van der Waals surface area contributed by atoms with Crippen LogP contribution in [0.15, 0.2) is 6.07 Å². The van der Waals surface area contributed by atoms with Crippen LogP contribution in [0.3, 0.4) is 0 Å². The molecule has 1 aromatic heterocycles. The van der Waals surface area contributed by atoms with Gasteiger partial charge in [-0.15, -0.1) is 0 Å². The highest BCUT2D eigenvalue weighted by Crippen LogP contribution is 2.47. The zero-order chi connectivity index (χ0) is 18.5. The summed E-state index contributed by atoms with van der Waals surface area (Å²) in [6.45, 7) is 0.726. The molecule has 0 unspecified atom stereocenters. The fourth-order valence-corrected chi connectivity index (χ4v) is 3.41. The number of hydrogen-bond acceptors (Lipinski definition) is 3. The molecule has 0 N–H and O–H groups in total. The first-order valence-electron chi connectivity index (χ1n) is 7.48. The van der Waals surface area contributed by atoms with E-state index >= 15 is 0 Å². The molecule has 2 aromatic rings. The minimum Gasteiger partial charge on any atom is -0.486 e. The number of aromatic nitrogens is 2. The summed E-state index contributed by atoms with van der Waals surface area (Å²) in [5, 5.41) is 4.00. The van der Waals surface area contributed by atoms with E-state index in [1.165, 1.54) is 7.05 Å². The van der Waals surface area contributed by atoms with Gasteiger partial charge in [-0.2, -0.15) is 13.9 Å². The van der Waals surface area contributed by atoms with Crippen molar-refractivity contribution in [3.63, 3.8) is 0 Å². The number of nitrogens with zero attached hydrogens (tertiary/aromatic N) is 2. The minimum atomic E-state index is -3.08. The third kappa shape index (κ3) is 3.27. The summed E-state index contributed by atoms with van der Waals surface area (Å²) in [4.78, 5) is 0. The summed E-state index contributed by atoms with van der Waals surface area (Å²) < 4.78 is 51.1. The SMILES string of the molecule is Cn1nc(-c2c(F)cc(Cl)c3c2CCC(C)(C)O3)c(Cl)c1OC(F)F. The molecule has 4 nitrogen and oxygen atoms in total. The van der Waals surface area contributed by atoms with Crippen molar-refractivity contribution in [1.82, 2.24) is 9.78 Å². The van der Waals surface area contributed by atoms with Crippen LogP contribution in [0.1, 0.15) is 25.8 Å². The van der Waals surface area contributed by atoms with E-state index in [1.807, 2.05) is 13.8 Å². The van der Waals surface area contributed by atoms with Crippen molar-refractivity contribution >= 4 is 23.2 Å². The second-order valence-electron chi connectivity index (χ2n) is 6.35. The summed E-state index contributed by atoms with van der Waals surface area (Å²) in [7, 11) is 1.38. The Morgan fingerprint density at radius 3 is 2.68 bits per heavy atom. The van der Waals surface area contributed by atoms with Crippen molar-refractivity contribution < 1.29 is 22.6 Å². The van der Waals surface area contributed by atoms with E-state index in [1.54, 1.807) is 0 Å². The third-order valence-electron chi connectivity index (χ3n) is 4.02. The predicted octanol–water partition coefficient (Wildman–Crippen LogP) is 5.24. The van der Waals surface area contributed by atoms with Gasteiger partial charge >= 0.3 is 6.61 Å². The van der Waals surface area contributed by atoms with Crippen LogP contribution in [0, 0.1) is 5.82 Å². The number of alkyl halides is 2. The van der Waals surface area contributed by atoms with Crippen LogP contribution in [0.25, 0.3) is 11.3 Å². The van der Waals surface area contributed by atoms with Crippen molar-refractivity contribution in [2.24, 2.45) is 7.05 Å². The molecule has 0 fully saturated rings. The number of rotatable bonds is 3. The maximum Gasteiger partial charge on any atom is 0.388 e. The Morgan fingerprint density at radius 1 is 1.36 bits per heavy atom. The Morgan fingerprint density at radius 2 is 2.04 bits per heavy atom. The number of hydrogen-bond donors (Lipinski definition) is 0. The topological polar surface area (TPSA) is 36.3 Å². The maximum atomic E-state index is 14.7. The molecule has 1 aliphatic heterocycles. The number of benzene rings is 1. The minimum absolute atomic E-state index is 0.00791. The highest BCUT2D eigenvalue weighted by atomic mass is 35.5. The summed E-state index contributed by atoms with van der Waals surface area (Å²) in [6, 6.07) is 1.11. The Labute approximate surface area is 152 Å². The summed E-state index contributed by atoms with van der Waals surface area (Å²) in [5.41, 5.74) is 0.143. The summed E-state index contributed by atoms with van der Waals surface area (Å²) in [5.74, 6) is -0.644. The Balaban J connectivity index is 2.20. The molecule has 0 saturated carbocycles. The quantitative estimate of drug-likeness (QED) is 0.714. The average Bonchev–Trinajstić information content (AvgIpc) is 2.75. The lowest BCUT2D eigenvalue weighted by molar-refractivity contribution is -0.0552. The van der Waals surface area contributed by atoms with Crippen LogP contribution in [0.2, 0.25) is 10.0 Å². The normalized spacial score (nSPS) is 15.9. The first-order chi connectivity index (χ1) is 11.6. The van der Waals surface area contributed by atoms with E-state index in [-0.39, 0.29) is 27.2 Å². The standard InChI is InChI=1S/C16H15Cl2F3N2O2/c1-16(2)5-4-7-10(9(19)6-8(17)13(7)25-16)12-11(18)14(23(3)22-12)24-15(20)21/h6,15H,4-5H2,1-3H3. The van der Waals surface area contributed by atoms with E-state index in [4.69, 9.17) is 27.9 Å². The third-order valence-corrected chi connectivity index (χ3v) is 4.64. The van der Waals surface area contributed by atoms with Gasteiger partial charge in [-0.05, 0) is 32.8 Å². The lowest BCUT2D eigenvalue weighted by atomic mass is 9.90. The van der Waals surface area contributed by atoms with Crippen LogP contribution in [0.4, 0.5) is 13.2 Å². The monoisotopic (exact) mass is 394 g/mol. The molecule has 0 aliphatic carbocycles. The molecule has 0 spiro atoms. The second kappa shape index (κ2) is 6.29. The predicted molar refractivity (Wildman–Crippen MR) is 88.3 cm³/mol. The van der Waals surface area contributed by atoms with E-state index < -0.39 is 18.0 Å². The van der Waals surface area contributed by atoms with Crippen molar-refractivity contribution in [2.45, 2.75) is 38.9 Å². The zero-order valence-electron chi connectivity index (χ0n) is 13.7. The molecule has 2 heterocycles. The molecule has 9 heteroatoms. The average molecular weight is 395 g/mol. The zero-order valence-corrected chi connectivity index (χ0v) is 15.2. The van der Waals surface area contributed by atoms with Gasteiger partial charge < -0.3 is 9.47 Å². The molecule has 0 radical (unpaired) electrons. The van der Waals surface area contributed by atoms with Gasteiger partial charge in [0.05, 0.1) is 5.02 Å². The van der Waals surface area contributed by atoms with Gasteiger partial charge in [0.1, 0.15) is 27.9 Å². The molecule has 0 amide bonds. The molecule has 3 rings (SSSR count). The second-order valence-corrected chi connectivity index (χ2v) is 7.14. The molecule has 0 atom stereocenters. The lowest BCUT2D eigenvalue weighted by Gasteiger charge is -2.34. The Kier molecular flexibility index (Phi) is 4.58. The summed E-state index contributed by atoms with van der Waals surface area (Å²) in [6.07, 6.45) is 1.10. The highest BCUT2D eigenvalue weighted by molar-refractivity contribution is 6.35. The van der Waals surface area contributed by atoms with Crippen LogP contribution >= 0.6 is 23.2 Å². The van der Waals surface area contributed by atoms with E-state index in [9.17, 15) is 13.2 Å². The van der Waals surface area contributed by atoms with Crippen LogP contribution < -0.4 is 9.47 Å². The molecular weight excluding hydrogens is 380 g/mol. The van der Waals surface area contributed by atoms with Gasteiger partial charge in [0.15, 0.2) is 0 Å². The molecule has 1 aliphatic rings.